The van der Waals surface area contributed by atoms with E-state index in [1.165, 1.54) is 29.6 Å². The van der Waals surface area contributed by atoms with Crippen LogP contribution in [0.25, 0.3) is 0 Å². The highest BCUT2D eigenvalue weighted by atomic mass is 35.5. The molecule has 0 aromatic heterocycles. The summed E-state index contributed by atoms with van der Waals surface area (Å²) in [5.41, 5.74) is 0.901. The van der Waals surface area contributed by atoms with Crippen molar-refractivity contribution in [2.75, 3.05) is 20.2 Å². The van der Waals surface area contributed by atoms with Crippen molar-refractivity contribution in [1.82, 2.24) is 4.31 Å². The van der Waals surface area contributed by atoms with Crippen LogP contribution < -0.4 is 4.74 Å². The number of benzene rings is 2. The molecule has 2 aromatic carbocycles. The predicted octanol–water partition coefficient (Wildman–Crippen LogP) is 4.27. The fraction of sp³-hybridized carbons (Fsp3) is 0.381. The molecule has 0 aliphatic carbocycles. The first-order valence-corrected chi connectivity index (χ1v) is 11.3. The summed E-state index contributed by atoms with van der Waals surface area (Å²) in [6, 6.07) is 11.3. The van der Waals surface area contributed by atoms with Gasteiger partial charge in [-0.1, -0.05) is 36.6 Å². The molecule has 8 heteroatoms. The Labute approximate surface area is 176 Å². The Morgan fingerprint density at radius 2 is 1.79 bits per heavy atom. The second kappa shape index (κ2) is 9.61. The van der Waals surface area contributed by atoms with E-state index in [1.54, 1.807) is 24.3 Å². The van der Waals surface area contributed by atoms with Crippen LogP contribution in [0.4, 0.5) is 0 Å². The fourth-order valence-corrected chi connectivity index (χ4v) is 5.20. The van der Waals surface area contributed by atoms with Gasteiger partial charge in [0, 0.05) is 18.1 Å². The first kappa shape index (κ1) is 21.6. The number of nitrogens with zero attached hydrogens (tertiary/aromatic N) is 1. The Morgan fingerprint density at radius 1 is 1.07 bits per heavy atom. The summed E-state index contributed by atoms with van der Waals surface area (Å²) >= 11 is 5.94. The lowest BCUT2D eigenvalue weighted by Crippen LogP contribution is -2.32. The monoisotopic (exact) mass is 437 g/mol. The van der Waals surface area contributed by atoms with Gasteiger partial charge in [0.15, 0.2) is 0 Å². The van der Waals surface area contributed by atoms with Gasteiger partial charge in [-0.15, -0.1) is 0 Å². The van der Waals surface area contributed by atoms with Gasteiger partial charge >= 0.3 is 5.97 Å². The van der Waals surface area contributed by atoms with Crippen LogP contribution in [0.5, 0.6) is 5.75 Å². The number of methoxy groups -OCH3 is 1. The molecule has 1 saturated heterocycles. The van der Waals surface area contributed by atoms with Crippen molar-refractivity contribution in [2.24, 2.45) is 0 Å². The van der Waals surface area contributed by atoms with Crippen LogP contribution in [-0.2, 0) is 21.4 Å². The van der Waals surface area contributed by atoms with Crippen LogP contribution in [0.2, 0.25) is 5.02 Å². The molecule has 156 valence electrons. The first-order valence-electron chi connectivity index (χ1n) is 9.51. The lowest BCUT2D eigenvalue weighted by Gasteiger charge is -2.21. The smallest absolute Gasteiger partial charge is 0.338 e. The lowest BCUT2D eigenvalue weighted by molar-refractivity contribution is 0.0472. The van der Waals surface area contributed by atoms with Crippen molar-refractivity contribution < 1.29 is 22.7 Å². The van der Waals surface area contributed by atoms with E-state index in [0.29, 0.717) is 18.1 Å². The summed E-state index contributed by atoms with van der Waals surface area (Å²) in [5.74, 6) is -0.402. The van der Waals surface area contributed by atoms with E-state index in [-0.39, 0.29) is 22.8 Å². The topological polar surface area (TPSA) is 72.9 Å². The van der Waals surface area contributed by atoms with Crippen LogP contribution in [0, 0.1) is 0 Å². The molecule has 0 radical (unpaired) electrons. The van der Waals surface area contributed by atoms with Gasteiger partial charge in [-0.2, -0.15) is 4.31 Å². The van der Waals surface area contributed by atoms with Crippen molar-refractivity contribution in [3.05, 3.63) is 58.6 Å². The second-order valence-electron chi connectivity index (χ2n) is 6.89. The van der Waals surface area contributed by atoms with Gasteiger partial charge in [0.1, 0.15) is 17.3 Å². The van der Waals surface area contributed by atoms with Gasteiger partial charge in [-0.05, 0) is 48.7 Å². The molecular formula is C21H24ClNO5S. The molecule has 1 aliphatic heterocycles. The number of esters is 1. The van der Waals surface area contributed by atoms with Crippen molar-refractivity contribution in [3.8, 4) is 5.75 Å². The molecule has 6 nitrogen and oxygen atoms in total. The second-order valence-corrected chi connectivity index (χ2v) is 9.23. The maximum absolute atomic E-state index is 13.2. The average molecular weight is 438 g/mol. The average Bonchev–Trinajstić information content (AvgIpc) is 3.02. The van der Waals surface area contributed by atoms with Crippen LogP contribution >= 0.6 is 11.6 Å². The van der Waals surface area contributed by atoms with Gasteiger partial charge in [0.05, 0.1) is 12.7 Å². The number of ether oxygens (including phenoxy) is 2. The van der Waals surface area contributed by atoms with Crippen molar-refractivity contribution in [2.45, 2.75) is 37.2 Å². The Balaban J connectivity index is 1.83. The maximum Gasteiger partial charge on any atom is 0.338 e. The van der Waals surface area contributed by atoms with E-state index in [0.717, 1.165) is 31.2 Å². The summed E-state index contributed by atoms with van der Waals surface area (Å²) in [6.45, 7) is 0.976. The molecule has 3 rings (SSSR count). The lowest BCUT2D eigenvalue weighted by atomic mass is 10.2. The third-order valence-corrected chi connectivity index (χ3v) is 7.00. The minimum Gasteiger partial charge on any atom is -0.495 e. The minimum absolute atomic E-state index is 0.0147. The highest BCUT2D eigenvalue weighted by molar-refractivity contribution is 7.89. The van der Waals surface area contributed by atoms with Crippen LogP contribution in [0.3, 0.4) is 0 Å². The minimum atomic E-state index is -3.77. The summed E-state index contributed by atoms with van der Waals surface area (Å²) < 4.78 is 38.4. The van der Waals surface area contributed by atoms with Crippen molar-refractivity contribution in [1.29, 1.82) is 0 Å². The zero-order valence-corrected chi connectivity index (χ0v) is 17.8. The van der Waals surface area contributed by atoms with Gasteiger partial charge in [0.2, 0.25) is 10.0 Å². The zero-order chi connectivity index (χ0) is 20.9. The molecule has 0 spiro atoms. The number of carbonyl (C=O) groups excluding carboxylic acids is 1. The largest absolute Gasteiger partial charge is 0.495 e. The van der Waals surface area contributed by atoms with Gasteiger partial charge in [-0.25, -0.2) is 13.2 Å². The summed E-state index contributed by atoms with van der Waals surface area (Å²) in [6.07, 6.45) is 3.67. The number of hydrogen-bond acceptors (Lipinski definition) is 5. The molecule has 0 atom stereocenters. The van der Waals surface area contributed by atoms with E-state index in [4.69, 9.17) is 21.1 Å². The summed E-state index contributed by atoms with van der Waals surface area (Å²) in [7, 11) is -2.36. The number of halogens is 1. The molecule has 0 bridgehead atoms. The van der Waals surface area contributed by atoms with Crippen LogP contribution in [0.15, 0.2) is 47.4 Å². The normalized spacial score (nSPS) is 15.5. The molecule has 0 amide bonds. The SMILES string of the molecule is COc1ccc(C(=O)OCc2cccc(Cl)c2)cc1S(=O)(=O)N1CCCCCC1. The molecule has 1 fully saturated rings. The van der Waals surface area contributed by atoms with Crippen LogP contribution in [-0.4, -0.2) is 38.9 Å². The van der Waals surface area contributed by atoms with E-state index in [9.17, 15) is 13.2 Å². The molecule has 1 aliphatic rings. The molecule has 1 heterocycles. The Morgan fingerprint density at radius 3 is 2.45 bits per heavy atom. The third kappa shape index (κ3) is 5.29. The molecule has 0 unspecified atom stereocenters. The van der Waals surface area contributed by atoms with Gasteiger partial charge in [0.25, 0.3) is 0 Å². The molecule has 29 heavy (non-hydrogen) atoms. The van der Waals surface area contributed by atoms with Crippen molar-refractivity contribution in [3.63, 3.8) is 0 Å². The fourth-order valence-electron chi connectivity index (χ4n) is 3.29. The molecule has 0 N–H and O–H groups in total. The van der Waals surface area contributed by atoms with Gasteiger partial charge in [-0.3, -0.25) is 0 Å². The molecule has 0 saturated carbocycles. The first-order chi connectivity index (χ1) is 13.9. The van der Waals surface area contributed by atoms with E-state index >= 15 is 0 Å². The number of rotatable bonds is 6. The number of sulfonamides is 1. The Bertz CT molecular complexity index is 969. The Hall–Kier alpha value is -2.09. The quantitative estimate of drug-likeness (QED) is 0.631. The zero-order valence-electron chi connectivity index (χ0n) is 16.3. The van der Waals surface area contributed by atoms with E-state index in [1.807, 2.05) is 0 Å². The molecule has 2 aromatic rings. The maximum atomic E-state index is 13.2. The standard InChI is InChI=1S/C21H24ClNO5S/c1-27-19-10-9-17(21(24)28-15-16-7-6-8-18(22)13-16)14-20(19)29(25,26)23-11-4-2-3-5-12-23/h6-10,13-14H,2-5,11-12,15H2,1H3. The molecular weight excluding hydrogens is 414 g/mol. The summed E-state index contributed by atoms with van der Waals surface area (Å²) in [4.78, 5) is 12.5. The number of hydrogen-bond donors (Lipinski definition) is 0. The Kier molecular flexibility index (Phi) is 7.16. The third-order valence-electron chi connectivity index (χ3n) is 4.84. The van der Waals surface area contributed by atoms with Crippen LogP contribution in [0.1, 0.15) is 41.6 Å². The highest BCUT2D eigenvalue weighted by Crippen LogP contribution is 2.29. The van der Waals surface area contributed by atoms with Crippen molar-refractivity contribution >= 4 is 27.6 Å². The highest BCUT2D eigenvalue weighted by Gasteiger charge is 2.29. The van der Waals surface area contributed by atoms with Gasteiger partial charge < -0.3 is 9.47 Å². The van der Waals surface area contributed by atoms with E-state index < -0.39 is 16.0 Å². The summed E-state index contributed by atoms with van der Waals surface area (Å²) in [5, 5.41) is 0.550. The van der Waals surface area contributed by atoms with E-state index in [2.05, 4.69) is 0 Å². The predicted molar refractivity (Wildman–Crippen MR) is 111 cm³/mol. The number of carbonyl (C=O) groups is 1.